The van der Waals surface area contributed by atoms with E-state index in [2.05, 4.69) is 29.1 Å². The maximum Gasteiger partial charge on any atom is 0.119 e. The quantitative estimate of drug-likeness (QED) is 0.886. The van der Waals surface area contributed by atoms with E-state index in [1.807, 2.05) is 37.4 Å². The number of likely N-dealkylation sites (N-methyl/N-ethyl adjacent to an activating group) is 1. The molecule has 0 aliphatic heterocycles. The number of aromatic nitrogens is 1. The van der Waals surface area contributed by atoms with Gasteiger partial charge in [-0.05, 0) is 43.3 Å². The third-order valence-electron chi connectivity index (χ3n) is 3.56. The molecule has 0 spiro atoms. The fourth-order valence-electron chi connectivity index (χ4n) is 2.66. The van der Waals surface area contributed by atoms with E-state index in [0.29, 0.717) is 0 Å². The molecule has 2 rings (SSSR count). The molecule has 0 amide bonds. The summed E-state index contributed by atoms with van der Waals surface area (Å²) in [4.78, 5) is 6.41. The van der Waals surface area contributed by atoms with Gasteiger partial charge < -0.3 is 10.5 Å². The maximum atomic E-state index is 6.22. The zero-order valence-corrected chi connectivity index (χ0v) is 12.9. The largest absolute Gasteiger partial charge is 0.497 e. The summed E-state index contributed by atoms with van der Waals surface area (Å²) in [6.07, 6.45) is 3.68. The van der Waals surface area contributed by atoms with Gasteiger partial charge in [-0.1, -0.05) is 18.2 Å². The Morgan fingerprint density at radius 3 is 2.71 bits per heavy atom. The lowest BCUT2D eigenvalue weighted by atomic mass is 9.99. The van der Waals surface area contributed by atoms with Gasteiger partial charge in [0.1, 0.15) is 5.75 Å². The number of hydrogen-bond acceptors (Lipinski definition) is 4. The fraction of sp³-hybridized carbons (Fsp3) is 0.353. The molecular weight excluding hydrogens is 262 g/mol. The third kappa shape index (κ3) is 4.03. The summed E-state index contributed by atoms with van der Waals surface area (Å²) in [5, 5.41) is 0. The number of rotatable bonds is 6. The van der Waals surface area contributed by atoms with Gasteiger partial charge in [0, 0.05) is 31.0 Å². The molecule has 0 aliphatic carbocycles. The highest BCUT2D eigenvalue weighted by molar-refractivity contribution is 5.31. The molecule has 2 aromatic rings. The number of pyridine rings is 1. The van der Waals surface area contributed by atoms with Crippen LogP contribution in [0.2, 0.25) is 0 Å². The third-order valence-corrected chi connectivity index (χ3v) is 3.56. The Morgan fingerprint density at radius 2 is 2.10 bits per heavy atom. The average molecular weight is 285 g/mol. The predicted molar refractivity (Wildman–Crippen MR) is 85.1 cm³/mol. The Labute approximate surface area is 126 Å². The van der Waals surface area contributed by atoms with Gasteiger partial charge in [-0.2, -0.15) is 0 Å². The summed E-state index contributed by atoms with van der Waals surface area (Å²) < 4.78 is 5.31. The van der Waals surface area contributed by atoms with E-state index in [1.54, 1.807) is 13.3 Å². The molecule has 112 valence electrons. The number of nitrogens with zero attached hydrogens (tertiary/aromatic N) is 2. The maximum absolute atomic E-state index is 6.22. The van der Waals surface area contributed by atoms with E-state index in [1.165, 1.54) is 5.56 Å². The lowest BCUT2D eigenvalue weighted by molar-refractivity contribution is 0.210. The molecule has 2 N–H and O–H groups in total. The van der Waals surface area contributed by atoms with Crippen molar-refractivity contribution in [1.29, 1.82) is 0 Å². The van der Waals surface area contributed by atoms with Crippen molar-refractivity contribution >= 4 is 0 Å². The van der Waals surface area contributed by atoms with Crippen LogP contribution in [0.15, 0.2) is 48.8 Å². The van der Waals surface area contributed by atoms with E-state index in [4.69, 9.17) is 10.5 Å². The topological polar surface area (TPSA) is 51.4 Å². The van der Waals surface area contributed by atoms with Crippen LogP contribution in [0.1, 0.15) is 24.1 Å². The van der Waals surface area contributed by atoms with Crippen molar-refractivity contribution in [3.05, 3.63) is 59.9 Å². The lowest BCUT2D eigenvalue weighted by Crippen LogP contribution is -2.37. The van der Waals surface area contributed by atoms with E-state index in [9.17, 15) is 0 Å². The zero-order chi connectivity index (χ0) is 15.2. The molecule has 0 bridgehead atoms. The molecule has 0 saturated carbocycles. The van der Waals surface area contributed by atoms with Crippen LogP contribution in [-0.4, -0.2) is 30.1 Å². The molecule has 2 unspecified atom stereocenters. The zero-order valence-electron chi connectivity index (χ0n) is 12.9. The predicted octanol–water partition coefficient (Wildman–Crippen LogP) is 2.61. The van der Waals surface area contributed by atoms with Crippen LogP contribution < -0.4 is 10.5 Å². The van der Waals surface area contributed by atoms with Crippen LogP contribution in [0.5, 0.6) is 5.75 Å². The molecular formula is C17H23N3O. The van der Waals surface area contributed by atoms with Crippen molar-refractivity contribution in [3.8, 4) is 5.75 Å². The summed E-state index contributed by atoms with van der Waals surface area (Å²) >= 11 is 0. The van der Waals surface area contributed by atoms with Gasteiger partial charge in [0.05, 0.1) is 7.11 Å². The van der Waals surface area contributed by atoms with Crippen LogP contribution in [-0.2, 0) is 6.54 Å². The summed E-state index contributed by atoms with van der Waals surface area (Å²) in [5.74, 6) is 0.855. The first-order chi connectivity index (χ1) is 10.1. The first-order valence-electron chi connectivity index (χ1n) is 7.10. The van der Waals surface area contributed by atoms with Crippen molar-refractivity contribution in [2.45, 2.75) is 25.6 Å². The average Bonchev–Trinajstić information content (AvgIpc) is 2.48. The second-order valence-electron chi connectivity index (χ2n) is 5.36. The monoisotopic (exact) mass is 285 g/mol. The summed E-state index contributed by atoms with van der Waals surface area (Å²) in [6, 6.07) is 12.3. The first-order valence-corrected chi connectivity index (χ1v) is 7.10. The van der Waals surface area contributed by atoms with Gasteiger partial charge in [0.25, 0.3) is 0 Å². The van der Waals surface area contributed by atoms with Crippen molar-refractivity contribution in [2.24, 2.45) is 5.73 Å². The molecule has 0 aliphatic rings. The van der Waals surface area contributed by atoms with E-state index in [0.717, 1.165) is 17.9 Å². The fourth-order valence-corrected chi connectivity index (χ4v) is 2.66. The standard InChI is InChI=1S/C17H23N3O/c1-13(18)17(15-7-4-8-16(10-15)21-3)20(2)12-14-6-5-9-19-11-14/h4-11,13,17H,12,18H2,1-3H3. The minimum atomic E-state index is 0.0128. The Morgan fingerprint density at radius 1 is 1.29 bits per heavy atom. The minimum Gasteiger partial charge on any atom is -0.497 e. The van der Waals surface area contributed by atoms with Crippen LogP contribution in [0.25, 0.3) is 0 Å². The highest BCUT2D eigenvalue weighted by Crippen LogP contribution is 2.26. The number of methoxy groups -OCH3 is 1. The molecule has 4 nitrogen and oxygen atoms in total. The normalized spacial score (nSPS) is 14.0. The van der Waals surface area contributed by atoms with E-state index < -0.39 is 0 Å². The minimum absolute atomic E-state index is 0.0128. The van der Waals surface area contributed by atoms with Gasteiger partial charge in [-0.3, -0.25) is 9.88 Å². The molecule has 0 saturated heterocycles. The summed E-state index contributed by atoms with van der Waals surface area (Å²) in [5.41, 5.74) is 8.55. The van der Waals surface area contributed by atoms with Crippen molar-refractivity contribution in [1.82, 2.24) is 9.88 Å². The van der Waals surface area contributed by atoms with Crippen molar-refractivity contribution in [3.63, 3.8) is 0 Å². The van der Waals surface area contributed by atoms with Gasteiger partial charge in [-0.15, -0.1) is 0 Å². The molecule has 21 heavy (non-hydrogen) atoms. The molecule has 0 radical (unpaired) electrons. The number of ether oxygens (including phenoxy) is 1. The Balaban J connectivity index is 2.21. The van der Waals surface area contributed by atoms with Crippen LogP contribution in [0.3, 0.4) is 0 Å². The lowest BCUT2D eigenvalue weighted by Gasteiger charge is -2.31. The number of benzene rings is 1. The van der Waals surface area contributed by atoms with Crippen molar-refractivity contribution in [2.75, 3.05) is 14.2 Å². The molecule has 2 atom stereocenters. The molecule has 1 heterocycles. The first kappa shape index (κ1) is 15.5. The highest BCUT2D eigenvalue weighted by Gasteiger charge is 2.21. The Kier molecular flexibility index (Phi) is 5.31. The Bertz CT molecular complexity index is 557. The SMILES string of the molecule is COc1cccc(C(C(C)N)N(C)Cc2cccnc2)c1. The van der Waals surface area contributed by atoms with Crippen LogP contribution in [0, 0.1) is 0 Å². The molecule has 1 aromatic carbocycles. The second kappa shape index (κ2) is 7.20. The van der Waals surface area contributed by atoms with Gasteiger partial charge in [0.15, 0.2) is 0 Å². The van der Waals surface area contributed by atoms with Gasteiger partial charge in [0.2, 0.25) is 0 Å². The Hall–Kier alpha value is -1.91. The van der Waals surface area contributed by atoms with Gasteiger partial charge in [-0.25, -0.2) is 0 Å². The molecule has 4 heteroatoms. The van der Waals surface area contributed by atoms with E-state index in [-0.39, 0.29) is 12.1 Å². The van der Waals surface area contributed by atoms with E-state index >= 15 is 0 Å². The van der Waals surface area contributed by atoms with Crippen LogP contribution in [0.4, 0.5) is 0 Å². The van der Waals surface area contributed by atoms with Crippen LogP contribution >= 0.6 is 0 Å². The summed E-state index contributed by atoms with van der Waals surface area (Å²) in [7, 11) is 3.76. The van der Waals surface area contributed by atoms with Crippen molar-refractivity contribution < 1.29 is 4.74 Å². The highest BCUT2D eigenvalue weighted by atomic mass is 16.5. The summed E-state index contributed by atoms with van der Waals surface area (Å²) in [6.45, 7) is 2.83. The number of nitrogens with two attached hydrogens (primary N) is 1. The molecule has 0 fully saturated rings. The van der Waals surface area contributed by atoms with Gasteiger partial charge >= 0.3 is 0 Å². The smallest absolute Gasteiger partial charge is 0.119 e. The number of hydrogen-bond donors (Lipinski definition) is 1. The second-order valence-corrected chi connectivity index (χ2v) is 5.36. The molecule has 1 aromatic heterocycles.